The first-order chi connectivity index (χ1) is 12.1. The lowest BCUT2D eigenvalue weighted by molar-refractivity contribution is 0.262. The van der Waals surface area contributed by atoms with Crippen LogP contribution < -0.4 is 15.4 Å². The van der Waals surface area contributed by atoms with Crippen LogP contribution >= 0.6 is 23.2 Å². The van der Waals surface area contributed by atoms with Gasteiger partial charge >= 0.3 is 6.03 Å². The van der Waals surface area contributed by atoms with Gasteiger partial charge in [0.15, 0.2) is 5.75 Å². The molecule has 0 aliphatic carbocycles. The number of benzene rings is 2. The molecule has 0 spiro atoms. The molecule has 0 fully saturated rings. The molecule has 0 saturated heterocycles. The molecule has 0 aliphatic rings. The number of carbonyl (C=O) groups excluding carboxylic acids is 1. The minimum absolute atomic E-state index is 0.122. The Morgan fingerprint density at radius 1 is 1.00 bits per heavy atom. The summed E-state index contributed by atoms with van der Waals surface area (Å²) in [6, 6.07) is 8.01. The van der Waals surface area contributed by atoms with Gasteiger partial charge < -0.3 is 15.7 Å². The van der Waals surface area contributed by atoms with Crippen LogP contribution in [0.3, 0.4) is 0 Å². The number of phenolic OH excluding ortho intramolecular Hbond substituents is 1. The second kappa shape index (κ2) is 8.13. The summed E-state index contributed by atoms with van der Waals surface area (Å²) in [4.78, 5) is 11.6. The first-order valence-corrected chi connectivity index (χ1v) is 9.72. The molecule has 0 radical (unpaired) electrons. The third kappa shape index (κ3) is 4.79. The standard InChI is InChI=1S/C16H17Cl2N3O4S/c1-9(2)21-26(24,25)15-11(18)7-8-13(14(15)22)20-16(23)19-12-6-4-3-5-10(12)17/h3-9,21-22H,1-2H3,(H2,19,20,23). The summed E-state index contributed by atoms with van der Waals surface area (Å²) in [6.07, 6.45) is 0. The molecule has 140 valence electrons. The van der Waals surface area contributed by atoms with E-state index in [0.717, 1.165) is 0 Å². The van der Waals surface area contributed by atoms with Gasteiger partial charge in [0.2, 0.25) is 10.0 Å². The summed E-state index contributed by atoms with van der Waals surface area (Å²) in [7, 11) is -4.07. The number of carbonyl (C=O) groups is 1. The van der Waals surface area contributed by atoms with Crippen molar-refractivity contribution in [1.29, 1.82) is 0 Å². The highest BCUT2D eigenvalue weighted by Gasteiger charge is 2.26. The fourth-order valence-electron chi connectivity index (χ4n) is 2.11. The Morgan fingerprint density at radius 3 is 2.23 bits per heavy atom. The molecule has 7 nitrogen and oxygen atoms in total. The third-order valence-corrected chi connectivity index (χ3v) is 5.60. The van der Waals surface area contributed by atoms with Crippen LogP contribution in [-0.4, -0.2) is 25.6 Å². The Bertz CT molecular complexity index is 933. The molecule has 10 heteroatoms. The summed E-state index contributed by atoms with van der Waals surface area (Å²) in [6.45, 7) is 3.25. The molecule has 2 rings (SSSR count). The van der Waals surface area contributed by atoms with Crippen molar-refractivity contribution in [2.75, 3.05) is 10.6 Å². The number of anilines is 2. The molecule has 0 unspecified atom stereocenters. The second-order valence-electron chi connectivity index (χ2n) is 5.61. The van der Waals surface area contributed by atoms with E-state index in [9.17, 15) is 18.3 Å². The minimum Gasteiger partial charge on any atom is -0.504 e. The van der Waals surface area contributed by atoms with Crippen LogP contribution in [0.15, 0.2) is 41.3 Å². The number of hydrogen-bond donors (Lipinski definition) is 4. The summed E-state index contributed by atoms with van der Waals surface area (Å²) in [5, 5.41) is 15.3. The van der Waals surface area contributed by atoms with Crippen molar-refractivity contribution in [3.05, 3.63) is 46.4 Å². The molecule has 26 heavy (non-hydrogen) atoms. The molecular weight excluding hydrogens is 401 g/mol. The number of para-hydroxylation sites is 1. The zero-order chi connectivity index (χ0) is 19.5. The molecule has 2 amide bonds. The van der Waals surface area contributed by atoms with E-state index in [4.69, 9.17) is 23.2 Å². The first-order valence-electron chi connectivity index (χ1n) is 7.48. The number of phenols is 1. The molecule has 0 atom stereocenters. The highest BCUT2D eigenvalue weighted by molar-refractivity contribution is 7.89. The van der Waals surface area contributed by atoms with E-state index in [1.807, 2.05) is 0 Å². The smallest absolute Gasteiger partial charge is 0.323 e. The Hall–Kier alpha value is -2.00. The first kappa shape index (κ1) is 20.3. The molecule has 0 aromatic heterocycles. The van der Waals surface area contributed by atoms with E-state index < -0.39 is 32.7 Å². The van der Waals surface area contributed by atoms with Crippen LogP contribution in [0.25, 0.3) is 0 Å². The molecule has 0 saturated carbocycles. The zero-order valence-electron chi connectivity index (χ0n) is 13.9. The lowest BCUT2D eigenvalue weighted by Crippen LogP contribution is -2.30. The van der Waals surface area contributed by atoms with E-state index in [0.29, 0.717) is 10.7 Å². The van der Waals surface area contributed by atoms with Crippen molar-refractivity contribution in [1.82, 2.24) is 4.72 Å². The van der Waals surface area contributed by atoms with E-state index in [1.54, 1.807) is 38.1 Å². The number of sulfonamides is 1. The van der Waals surface area contributed by atoms with Gasteiger partial charge in [0.25, 0.3) is 0 Å². The van der Waals surface area contributed by atoms with Gasteiger partial charge in [-0.25, -0.2) is 17.9 Å². The topological polar surface area (TPSA) is 108 Å². The van der Waals surface area contributed by atoms with E-state index in [1.165, 1.54) is 12.1 Å². The predicted molar refractivity (Wildman–Crippen MR) is 103 cm³/mol. The summed E-state index contributed by atoms with van der Waals surface area (Å²) in [5.74, 6) is -0.667. The Balaban J connectivity index is 2.30. The predicted octanol–water partition coefficient (Wildman–Crippen LogP) is 4.03. The largest absolute Gasteiger partial charge is 0.504 e. The third-order valence-electron chi connectivity index (χ3n) is 3.11. The van der Waals surface area contributed by atoms with Crippen LogP contribution in [0, 0.1) is 0 Å². The maximum atomic E-state index is 12.4. The number of amides is 2. The van der Waals surface area contributed by atoms with Gasteiger partial charge in [-0.3, -0.25) is 0 Å². The van der Waals surface area contributed by atoms with Crippen molar-refractivity contribution in [3.8, 4) is 5.75 Å². The number of nitrogens with one attached hydrogen (secondary N) is 3. The van der Waals surface area contributed by atoms with Gasteiger partial charge in [0.1, 0.15) is 4.90 Å². The minimum atomic E-state index is -4.07. The quantitative estimate of drug-likeness (QED) is 0.550. The van der Waals surface area contributed by atoms with Gasteiger partial charge in [0, 0.05) is 6.04 Å². The Morgan fingerprint density at radius 2 is 1.62 bits per heavy atom. The van der Waals surface area contributed by atoms with Gasteiger partial charge in [-0.05, 0) is 38.1 Å². The fourth-order valence-corrected chi connectivity index (χ4v) is 4.18. The van der Waals surface area contributed by atoms with Crippen LogP contribution in [-0.2, 0) is 10.0 Å². The van der Waals surface area contributed by atoms with E-state index in [2.05, 4.69) is 15.4 Å². The molecule has 4 N–H and O–H groups in total. The molecule has 0 heterocycles. The highest BCUT2D eigenvalue weighted by atomic mass is 35.5. The molecule has 2 aromatic rings. The van der Waals surface area contributed by atoms with Crippen LogP contribution in [0.4, 0.5) is 16.2 Å². The monoisotopic (exact) mass is 417 g/mol. The molecular formula is C16H17Cl2N3O4S. The molecule has 0 aliphatic heterocycles. The van der Waals surface area contributed by atoms with Crippen molar-refractivity contribution in [3.63, 3.8) is 0 Å². The number of halogens is 2. The Kier molecular flexibility index (Phi) is 6.35. The zero-order valence-corrected chi connectivity index (χ0v) is 16.2. The number of aromatic hydroxyl groups is 1. The number of urea groups is 1. The fraction of sp³-hybridized carbons (Fsp3) is 0.188. The van der Waals surface area contributed by atoms with Crippen molar-refractivity contribution < 1.29 is 18.3 Å². The summed E-state index contributed by atoms with van der Waals surface area (Å²) < 4.78 is 27.0. The van der Waals surface area contributed by atoms with Gasteiger partial charge in [-0.1, -0.05) is 35.3 Å². The van der Waals surface area contributed by atoms with Crippen LogP contribution in [0.5, 0.6) is 5.75 Å². The average molecular weight is 418 g/mol. The average Bonchev–Trinajstić information content (AvgIpc) is 2.51. The summed E-state index contributed by atoms with van der Waals surface area (Å²) in [5.41, 5.74) is 0.234. The van der Waals surface area contributed by atoms with Crippen LogP contribution in [0.2, 0.25) is 10.0 Å². The van der Waals surface area contributed by atoms with E-state index in [-0.39, 0.29) is 10.7 Å². The second-order valence-corrected chi connectivity index (χ2v) is 8.07. The highest BCUT2D eigenvalue weighted by Crippen LogP contribution is 2.37. The molecule has 2 aromatic carbocycles. The van der Waals surface area contributed by atoms with Crippen LogP contribution in [0.1, 0.15) is 13.8 Å². The van der Waals surface area contributed by atoms with Crippen molar-refractivity contribution in [2.24, 2.45) is 0 Å². The lowest BCUT2D eigenvalue weighted by Gasteiger charge is -2.15. The number of rotatable bonds is 5. The number of hydrogen-bond acceptors (Lipinski definition) is 4. The Labute approximate surface area is 161 Å². The summed E-state index contributed by atoms with van der Waals surface area (Å²) >= 11 is 11.9. The van der Waals surface area contributed by atoms with Crippen molar-refractivity contribution >= 4 is 50.6 Å². The maximum Gasteiger partial charge on any atom is 0.323 e. The SMILES string of the molecule is CC(C)NS(=O)(=O)c1c(Cl)ccc(NC(=O)Nc2ccccc2Cl)c1O. The van der Waals surface area contributed by atoms with E-state index >= 15 is 0 Å². The lowest BCUT2D eigenvalue weighted by atomic mass is 10.3. The van der Waals surface area contributed by atoms with Gasteiger partial charge in [0.05, 0.1) is 21.4 Å². The molecule has 0 bridgehead atoms. The normalized spacial score (nSPS) is 11.4. The van der Waals surface area contributed by atoms with Crippen molar-refractivity contribution in [2.45, 2.75) is 24.8 Å². The van der Waals surface area contributed by atoms with Gasteiger partial charge in [-0.2, -0.15) is 0 Å². The maximum absolute atomic E-state index is 12.4. The van der Waals surface area contributed by atoms with Gasteiger partial charge in [-0.15, -0.1) is 0 Å².